The number of hydrogen-bond acceptors (Lipinski definition) is 3. The maximum absolute atomic E-state index is 12.7. The Hall–Kier alpha value is -1.20. The first-order chi connectivity index (χ1) is 9.33. The number of nitrogens with zero attached hydrogens (tertiary/aromatic N) is 2. The van der Waals surface area contributed by atoms with Crippen LogP contribution in [0.2, 0.25) is 0 Å². The molecule has 1 fully saturated rings. The van der Waals surface area contributed by atoms with E-state index in [0.717, 1.165) is 42.8 Å². The molecule has 4 nitrogen and oxygen atoms in total. The summed E-state index contributed by atoms with van der Waals surface area (Å²) in [5.41, 5.74) is 2.27. The number of fused-ring (bicyclic) bond motifs is 1. The summed E-state index contributed by atoms with van der Waals surface area (Å²) in [6, 6.07) is 8.47. The molecule has 0 amide bonds. The lowest BCUT2D eigenvalue weighted by atomic mass is 10.1. The van der Waals surface area contributed by atoms with Crippen molar-refractivity contribution in [3.63, 3.8) is 0 Å². The minimum atomic E-state index is 0.141. The van der Waals surface area contributed by atoms with Gasteiger partial charge in [-0.2, -0.15) is 0 Å². The molecule has 2 heterocycles. The molecule has 19 heavy (non-hydrogen) atoms. The second kappa shape index (κ2) is 5.43. The van der Waals surface area contributed by atoms with E-state index in [0.29, 0.717) is 6.04 Å². The van der Waals surface area contributed by atoms with Gasteiger partial charge in [0.25, 0.3) is 0 Å². The molecule has 0 bridgehead atoms. The maximum Gasteiger partial charge on any atom is 0.330 e. The maximum atomic E-state index is 12.7. The van der Waals surface area contributed by atoms with Gasteiger partial charge in [-0.15, -0.1) is 11.8 Å². The number of piperidine rings is 1. The molecule has 1 aromatic heterocycles. The Bertz CT molecular complexity index is 625. The lowest BCUT2D eigenvalue weighted by Gasteiger charge is -2.23. The molecule has 1 aliphatic rings. The first kappa shape index (κ1) is 12.8. The molecule has 3 rings (SSSR count). The Morgan fingerprint density at radius 3 is 2.63 bits per heavy atom. The molecule has 0 aliphatic carbocycles. The average Bonchev–Trinajstić information content (AvgIpc) is 2.73. The minimum absolute atomic E-state index is 0.141. The van der Waals surface area contributed by atoms with E-state index in [-0.39, 0.29) is 5.69 Å². The third-order valence-corrected chi connectivity index (χ3v) is 4.32. The third kappa shape index (κ3) is 2.21. The molecular formula is C14H19N3OS. The van der Waals surface area contributed by atoms with Crippen molar-refractivity contribution in [1.29, 1.82) is 0 Å². The predicted molar refractivity (Wildman–Crippen MR) is 80.9 cm³/mol. The van der Waals surface area contributed by atoms with Crippen LogP contribution in [-0.4, -0.2) is 28.5 Å². The van der Waals surface area contributed by atoms with Crippen LogP contribution in [0, 0.1) is 0 Å². The molecular weight excluding hydrogens is 258 g/mol. The van der Waals surface area contributed by atoms with Crippen LogP contribution in [0.5, 0.6) is 0 Å². The zero-order chi connectivity index (χ0) is 13.2. The van der Waals surface area contributed by atoms with Crippen molar-refractivity contribution in [3.8, 4) is 0 Å². The minimum Gasteiger partial charge on any atom is -0.317 e. The zero-order valence-corrected chi connectivity index (χ0v) is 11.9. The van der Waals surface area contributed by atoms with E-state index in [2.05, 4.69) is 11.4 Å². The Morgan fingerprint density at radius 1 is 1.26 bits per heavy atom. The number of thioether (sulfide) groups is 1. The summed E-state index contributed by atoms with van der Waals surface area (Å²) in [5, 5.41) is 3.36. The second-order valence-electron chi connectivity index (χ2n) is 4.97. The van der Waals surface area contributed by atoms with Gasteiger partial charge < -0.3 is 5.32 Å². The van der Waals surface area contributed by atoms with E-state index in [1.54, 1.807) is 11.8 Å². The monoisotopic (exact) mass is 277 g/mol. The van der Waals surface area contributed by atoms with Crippen LogP contribution >= 0.6 is 11.8 Å². The van der Waals surface area contributed by atoms with Gasteiger partial charge in [-0.1, -0.05) is 12.1 Å². The number of nitrogens with one attached hydrogen (secondary N) is 1. The average molecular weight is 277 g/mol. The second-order valence-corrected chi connectivity index (χ2v) is 5.80. The standard InChI is InChI=1S/C14H19N3OS/c1-19-10-16-12-4-2-3-5-13(12)17(14(16)18)11-6-8-15-9-7-11/h2-5,11,15H,6-10H2,1H3. The summed E-state index contributed by atoms with van der Waals surface area (Å²) in [7, 11) is 0. The number of rotatable bonds is 3. The molecule has 1 aromatic carbocycles. The van der Waals surface area contributed by atoms with Gasteiger partial charge in [0, 0.05) is 6.04 Å². The van der Waals surface area contributed by atoms with Crippen molar-refractivity contribution >= 4 is 22.8 Å². The quantitative estimate of drug-likeness (QED) is 0.933. The van der Waals surface area contributed by atoms with Gasteiger partial charge in [0.2, 0.25) is 0 Å². The fourth-order valence-corrected chi connectivity index (χ4v) is 3.41. The highest BCUT2D eigenvalue weighted by Crippen LogP contribution is 2.23. The third-order valence-electron chi connectivity index (χ3n) is 3.80. The zero-order valence-electron chi connectivity index (χ0n) is 11.1. The van der Waals surface area contributed by atoms with Crippen LogP contribution in [0.3, 0.4) is 0 Å². The molecule has 0 spiro atoms. The number of benzene rings is 1. The molecule has 0 atom stereocenters. The molecule has 0 unspecified atom stereocenters. The summed E-state index contributed by atoms with van der Waals surface area (Å²) < 4.78 is 3.90. The lowest BCUT2D eigenvalue weighted by molar-refractivity contribution is 0.366. The van der Waals surface area contributed by atoms with Crippen molar-refractivity contribution in [3.05, 3.63) is 34.7 Å². The molecule has 0 saturated carbocycles. The van der Waals surface area contributed by atoms with Crippen LogP contribution < -0.4 is 11.0 Å². The Morgan fingerprint density at radius 2 is 1.95 bits per heavy atom. The molecule has 1 saturated heterocycles. The van der Waals surface area contributed by atoms with Crippen LogP contribution in [0.4, 0.5) is 0 Å². The van der Waals surface area contributed by atoms with Crippen molar-refractivity contribution in [1.82, 2.24) is 14.5 Å². The van der Waals surface area contributed by atoms with E-state index in [9.17, 15) is 4.79 Å². The van der Waals surface area contributed by atoms with Crippen LogP contribution in [0.15, 0.2) is 29.1 Å². The van der Waals surface area contributed by atoms with Crippen molar-refractivity contribution in [2.24, 2.45) is 0 Å². The highest BCUT2D eigenvalue weighted by molar-refractivity contribution is 7.97. The largest absolute Gasteiger partial charge is 0.330 e. The van der Waals surface area contributed by atoms with Crippen LogP contribution in [0.25, 0.3) is 11.0 Å². The van der Waals surface area contributed by atoms with E-state index in [1.165, 1.54) is 0 Å². The highest BCUT2D eigenvalue weighted by Gasteiger charge is 2.21. The first-order valence-electron chi connectivity index (χ1n) is 6.72. The fraction of sp³-hybridized carbons (Fsp3) is 0.500. The smallest absolute Gasteiger partial charge is 0.317 e. The van der Waals surface area contributed by atoms with Crippen molar-refractivity contribution in [2.75, 3.05) is 19.3 Å². The lowest BCUT2D eigenvalue weighted by Crippen LogP contribution is -2.34. The predicted octanol–water partition coefficient (Wildman–Crippen LogP) is 2.05. The first-order valence-corrected chi connectivity index (χ1v) is 8.11. The molecule has 1 N–H and O–H groups in total. The molecule has 102 valence electrons. The van der Waals surface area contributed by atoms with Gasteiger partial charge in [0.05, 0.1) is 16.9 Å². The topological polar surface area (TPSA) is 39.0 Å². The van der Waals surface area contributed by atoms with Gasteiger partial charge in [-0.25, -0.2) is 4.79 Å². The van der Waals surface area contributed by atoms with Gasteiger partial charge in [-0.05, 0) is 44.3 Å². The van der Waals surface area contributed by atoms with E-state index in [1.807, 2.05) is 33.6 Å². The highest BCUT2D eigenvalue weighted by atomic mass is 32.2. The molecule has 1 aliphatic heterocycles. The summed E-state index contributed by atoms with van der Waals surface area (Å²) in [5.74, 6) is 0.720. The number of aromatic nitrogens is 2. The van der Waals surface area contributed by atoms with Crippen molar-refractivity contribution < 1.29 is 0 Å². The number of hydrogen-bond donors (Lipinski definition) is 1. The van der Waals surface area contributed by atoms with Gasteiger partial charge in [0.15, 0.2) is 0 Å². The van der Waals surface area contributed by atoms with Gasteiger partial charge in [0.1, 0.15) is 0 Å². The number of para-hydroxylation sites is 2. The summed E-state index contributed by atoms with van der Waals surface area (Å²) in [6.45, 7) is 2.00. The van der Waals surface area contributed by atoms with E-state index >= 15 is 0 Å². The van der Waals surface area contributed by atoms with E-state index in [4.69, 9.17) is 0 Å². The van der Waals surface area contributed by atoms with Gasteiger partial charge >= 0.3 is 5.69 Å². The molecule has 0 radical (unpaired) electrons. The summed E-state index contributed by atoms with van der Waals surface area (Å²) in [6.07, 6.45) is 4.10. The van der Waals surface area contributed by atoms with Crippen LogP contribution in [0.1, 0.15) is 18.9 Å². The number of imidazole rings is 1. The molecule has 2 aromatic rings. The van der Waals surface area contributed by atoms with E-state index < -0.39 is 0 Å². The SMILES string of the molecule is CSCn1c(=O)n(C2CCNCC2)c2ccccc21. The summed E-state index contributed by atoms with van der Waals surface area (Å²) in [4.78, 5) is 12.7. The molecule has 5 heteroatoms. The van der Waals surface area contributed by atoms with Crippen LogP contribution in [-0.2, 0) is 5.88 Å². The summed E-state index contributed by atoms with van der Waals surface area (Å²) >= 11 is 1.68. The normalized spacial score (nSPS) is 17.1. The Balaban J connectivity index is 2.17. The Labute approximate surface area is 116 Å². The van der Waals surface area contributed by atoms with Crippen molar-refractivity contribution in [2.45, 2.75) is 24.8 Å². The fourth-order valence-electron chi connectivity index (χ4n) is 2.90. The Kier molecular flexibility index (Phi) is 3.66. The van der Waals surface area contributed by atoms with Gasteiger partial charge in [-0.3, -0.25) is 9.13 Å².